The highest BCUT2D eigenvalue weighted by molar-refractivity contribution is 6.23. The summed E-state index contributed by atoms with van der Waals surface area (Å²) in [5.41, 5.74) is 0.955. The molecule has 0 fully saturated rings. The highest BCUT2D eigenvalue weighted by Gasteiger charge is 2.41. The van der Waals surface area contributed by atoms with Crippen LogP contribution in [0.15, 0.2) is 18.2 Å². The molecule has 6 heteroatoms. The lowest BCUT2D eigenvalue weighted by Crippen LogP contribution is -2.41. The molecule has 24 heavy (non-hydrogen) atoms. The van der Waals surface area contributed by atoms with Gasteiger partial charge in [-0.25, -0.2) is 0 Å². The Morgan fingerprint density at radius 1 is 1.33 bits per heavy atom. The zero-order valence-electron chi connectivity index (χ0n) is 13.6. The van der Waals surface area contributed by atoms with Crippen molar-refractivity contribution in [3.8, 4) is 11.8 Å². The van der Waals surface area contributed by atoms with Gasteiger partial charge in [-0.1, -0.05) is 24.8 Å². The first-order valence-electron chi connectivity index (χ1n) is 7.70. The first-order chi connectivity index (χ1) is 11.5. The van der Waals surface area contributed by atoms with Crippen molar-refractivity contribution in [3.63, 3.8) is 0 Å². The van der Waals surface area contributed by atoms with Crippen molar-refractivity contribution in [2.45, 2.75) is 32.2 Å². The zero-order valence-corrected chi connectivity index (χ0v) is 13.6. The molecular formula is C18H18N2O4. The lowest BCUT2D eigenvalue weighted by molar-refractivity contribution is -0.121. The van der Waals surface area contributed by atoms with Crippen LogP contribution in [0, 0.1) is 11.8 Å². The second-order valence-corrected chi connectivity index (χ2v) is 5.28. The number of imide groups is 1. The maximum atomic E-state index is 12.7. The Labute approximate surface area is 140 Å². The molecule has 0 spiro atoms. The van der Waals surface area contributed by atoms with E-state index in [1.54, 1.807) is 18.2 Å². The summed E-state index contributed by atoms with van der Waals surface area (Å²) in [7, 11) is 1.49. The van der Waals surface area contributed by atoms with Gasteiger partial charge in [0.05, 0.1) is 17.2 Å². The maximum Gasteiger partial charge on any atom is 0.263 e. The van der Waals surface area contributed by atoms with Crippen LogP contribution in [0.5, 0.6) is 0 Å². The second-order valence-electron chi connectivity index (χ2n) is 5.28. The van der Waals surface area contributed by atoms with Gasteiger partial charge in [0.2, 0.25) is 5.91 Å². The summed E-state index contributed by atoms with van der Waals surface area (Å²) >= 11 is 0. The average molecular weight is 326 g/mol. The minimum Gasteiger partial charge on any atom is -0.359 e. The highest BCUT2D eigenvalue weighted by atomic mass is 16.2. The molecule has 1 heterocycles. The Morgan fingerprint density at radius 2 is 2.08 bits per heavy atom. The minimum absolute atomic E-state index is 0.0514. The molecule has 1 atom stereocenters. The van der Waals surface area contributed by atoms with E-state index in [9.17, 15) is 19.2 Å². The van der Waals surface area contributed by atoms with Crippen molar-refractivity contribution in [2.24, 2.45) is 0 Å². The summed E-state index contributed by atoms with van der Waals surface area (Å²) in [5.74, 6) is 4.44. The van der Waals surface area contributed by atoms with Gasteiger partial charge in [0.25, 0.3) is 11.8 Å². The summed E-state index contributed by atoms with van der Waals surface area (Å²) in [6, 6.07) is 3.92. The Morgan fingerprint density at radius 3 is 2.71 bits per heavy atom. The number of hydrogen-bond acceptors (Lipinski definition) is 4. The molecule has 3 amide bonds. The lowest BCUT2D eigenvalue weighted by atomic mass is 10.0. The van der Waals surface area contributed by atoms with Crippen LogP contribution in [0.4, 0.5) is 0 Å². The molecule has 0 saturated carbocycles. The van der Waals surface area contributed by atoms with Gasteiger partial charge in [0.1, 0.15) is 6.29 Å². The van der Waals surface area contributed by atoms with E-state index in [0.717, 1.165) is 4.90 Å². The number of fused-ring (bicyclic) bond motifs is 1. The maximum absolute atomic E-state index is 12.7. The van der Waals surface area contributed by atoms with Crippen LogP contribution in [0.25, 0.3) is 0 Å². The fourth-order valence-corrected chi connectivity index (χ4v) is 2.55. The third kappa shape index (κ3) is 3.20. The summed E-state index contributed by atoms with van der Waals surface area (Å²) < 4.78 is 0. The van der Waals surface area contributed by atoms with Crippen molar-refractivity contribution in [1.29, 1.82) is 0 Å². The van der Waals surface area contributed by atoms with Gasteiger partial charge < -0.3 is 10.1 Å². The molecule has 1 aromatic carbocycles. The Hall–Kier alpha value is -2.94. The van der Waals surface area contributed by atoms with E-state index in [1.807, 2.05) is 6.92 Å². The topological polar surface area (TPSA) is 83.6 Å². The Kier molecular flexibility index (Phi) is 5.48. The molecule has 0 aliphatic carbocycles. The molecule has 1 aliphatic heterocycles. The number of carbonyl (C=O) groups is 4. The van der Waals surface area contributed by atoms with Crippen molar-refractivity contribution in [1.82, 2.24) is 10.2 Å². The summed E-state index contributed by atoms with van der Waals surface area (Å²) in [4.78, 5) is 48.9. The largest absolute Gasteiger partial charge is 0.359 e. The SMILES string of the molecule is CCC#Cc1cccc2c1C(=O)N(C(C=O)CCC(=O)NC)C2=O. The molecule has 0 saturated heterocycles. The third-order valence-corrected chi connectivity index (χ3v) is 3.78. The van der Waals surface area contributed by atoms with Crippen LogP contribution in [0.2, 0.25) is 0 Å². The van der Waals surface area contributed by atoms with Crippen LogP contribution in [-0.4, -0.2) is 42.0 Å². The molecule has 0 aromatic heterocycles. The molecule has 1 aliphatic rings. The molecule has 1 aromatic rings. The van der Waals surface area contributed by atoms with Crippen molar-refractivity contribution in [3.05, 3.63) is 34.9 Å². The van der Waals surface area contributed by atoms with Gasteiger partial charge in [-0.2, -0.15) is 0 Å². The van der Waals surface area contributed by atoms with Gasteiger partial charge in [-0.05, 0) is 18.6 Å². The molecule has 124 valence electrons. The second kappa shape index (κ2) is 7.55. The van der Waals surface area contributed by atoms with E-state index < -0.39 is 17.9 Å². The predicted molar refractivity (Wildman–Crippen MR) is 87.3 cm³/mol. The van der Waals surface area contributed by atoms with Gasteiger partial charge >= 0.3 is 0 Å². The quantitative estimate of drug-likeness (QED) is 0.500. The van der Waals surface area contributed by atoms with Crippen molar-refractivity contribution in [2.75, 3.05) is 7.05 Å². The molecule has 0 bridgehead atoms. The van der Waals surface area contributed by atoms with E-state index in [2.05, 4.69) is 17.2 Å². The first kappa shape index (κ1) is 17.4. The number of nitrogens with zero attached hydrogens (tertiary/aromatic N) is 1. The van der Waals surface area contributed by atoms with E-state index in [0.29, 0.717) is 18.3 Å². The fraction of sp³-hybridized carbons (Fsp3) is 0.333. The number of rotatable bonds is 5. The Bertz CT molecular complexity index is 758. The van der Waals surface area contributed by atoms with Crippen LogP contribution in [-0.2, 0) is 9.59 Å². The minimum atomic E-state index is -0.971. The molecule has 0 radical (unpaired) electrons. The van der Waals surface area contributed by atoms with Gasteiger partial charge in [0.15, 0.2) is 0 Å². The summed E-state index contributed by atoms with van der Waals surface area (Å²) in [6.45, 7) is 1.89. The fourth-order valence-electron chi connectivity index (χ4n) is 2.55. The zero-order chi connectivity index (χ0) is 17.7. The monoisotopic (exact) mass is 326 g/mol. The van der Waals surface area contributed by atoms with E-state index in [-0.39, 0.29) is 29.9 Å². The smallest absolute Gasteiger partial charge is 0.263 e. The Balaban J connectivity index is 2.34. The van der Waals surface area contributed by atoms with Gasteiger partial charge in [0, 0.05) is 25.5 Å². The van der Waals surface area contributed by atoms with Crippen LogP contribution < -0.4 is 5.32 Å². The number of amides is 3. The van der Waals surface area contributed by atoms with Crippen LogP contribution >= 0.6 is 0 Å². The molecule has 1 unspecified atom stereocenters. The van der Waals surface area contributed by atoms with Crippen LogP contribution in [0.1, 0.15) is 52.5 Å². The highest BCUT2D eigenvalue weighted by Crippen LogP contribution is 2.28. The number of nitrogens with one attached hydrogen (secondary N) is 1. The molecule has 2 rings (SSSR count). The summed E-state index contributed by atoms with van der Waals surface area (Å²) in [5, 5.41) is 2.45. The van der Waals surface area contributed by atoms with E-state index >= 15 is 0 Å². The lowest BCUT2D eigenvalue weighted by Gasteiger charge is -2.20. The van der Waals surface area contributed by atoms with Crippen LogP contribution in [0.3, 0.4) is 0 Å². The van der Waals surface area contributed by atoms with E-state index in [1.165, 1.54) is 7.05 Å². The molecular weight excluding hydrogens is 308 g/mol. The normalized spacial score (nSPS) is 13.8. The first-order valence-corrected chi connectivity index (χ1v) is 7.70. The number of aldehydes is 1. The third-order valence-electron chi connectivity index (χ3n) is 3.78. The molecule has 6 nitrogen and oxygen atoms in total. The number of benzene rings is 1. The van der Waals surface area contributed by atoms with Crippen molar-refractivity contribution >= 4 is 24.0 Å². The predicted octanol–water partition coefficient (Wildman–Crippen LogP) is 1.14. The number of hydrogen-bond donors (Lipinski definition) is 1. The van der Waals surface area contributed by atoms with Gasteiger partial charge in [-0.15, -0.1) is 0 Å². The van der Waals surface area contributed by atoms with E-state index in [4.69, 9.17) is 0 Å². The average Bonchev–Trinajstić information content (AvgIpc) is 2.85. The number of carbonyl (C=O) groups excluding carboxylic acids is 4. The van der Waals surface area contributed by atoms with Gasteiger partial charge in [-0.3, -0.25) is 19.3 Å². The standard InChI is InChI=1S/C18H18N2O4/c1-3-4-6-12-7-5-8-14-16(12)18(24)20(17(14)23)13(11-21)9-10-15(22)19-2/h5,7-8,11,13H,3,9-10H2,1-2H3,(H,19,22). The van der Waals surface area contributed by atoms with Crippen molar-refractivity contribution < 1.29 is 19.2 Å². The summed E-state index contributed by atoms with van der Waals surface area (Å²) in [6.07, 6.45) is 1.29. The molecule has 1 N–H and O–H groups in total.